The van der Waals surface area contributed by atoms with Gasteiger partial charge in [0.15, 0.2) is 0 Å². The Morgan fingerprint density at radius 2 is 1.97 bits per heavy atom. The third kappa shape index (κ3) is 4.08. The quantitative estimate of drug-likeness (QED) is 0.722. The van der Waals surface area contributed by atoms with Crippen LogP contribution in [0.4, 0.5) is 5.82 Å². The van der Waals surface area contributed by atoms with Gasteiger partial charge >= 0.3 is 0 Å². The van der Waals surface area contributed by atoms with Crippen LogP contribution in [0, 0.1) is 26.7 Å². The van der Waals surface area contributed by atoms with Crippen molar-refractivity contribution in [1.29, 1.82) is 0 Å². The summed E-state index contributed by atoms with van der Waals surface area (Å²) in [5.41, 5.74) is 3.95. The zero-order chi connectivity index (χ0) is 20.5. The molecule has 1 atom stereocenters. The predicted molar refractivity (Wildman–Crippen MR) is 109 cm³/mol. The minimum absolute atomic E-state index is 0.0412. The van der Waals surface area contributed by atoms with E-state index in [1.807, 2.05) is 45.0 Å². The average Bonchev–Trinajstić information content (AvgIpc) is 3.36. The molecule has 7 heteroatoms. The summed E-state index contributed by atoms with van der Waals surface area (Å²) in [4.78, 5) is 26.9. The lowest BCUT2D eigenvalue weighted by Gasteiger charge is -2.15. The third-order valence-electron chi connectivity index (χ3n) is 5.05. The Morgan fingerprint density at radius 3 is 2.66 bits per heavy atom. The molecule has 3 heterocycles. The highest BCUT2D eigenvalue weighted by molar-refractivity contribution is 5.96. The Hall–Kier alpha value is -3.35. The second kappa shape index (κ2) is 7.58. The number of aryl methyl sites for hydroxylation is 3. The fraction of sp³-hybridized carbons (Fsp3) is 0.318. The van der Waals surface area contributed by atoms with E-state index in [-0.39, 0.29) is 18.2 Å². The number of nitrogens with zero attached hydrogens (tertiary/aromatic N) is 3. The maximum Gasteiger partial charge on any atom is 0.230 e. The number of rotatable bonds is 5. The number of benzene rings is 1. The van der Waals surface area contributed by atoms with E-state index in [2.05, 4.69) is 16.5 Å². The molecule has 29 heavy (non-hydrogen) atoms. The Balaban J connectivity index is 1.50. The van der Waals surface area contributed by atoms with Crippen molar-refractivity contribution in [2.45, 2.75) is 33.7 Å². The number of hydrogen-bond acceptors (Lipinski definition) is 4. The molecule has 1 N–H and O–H groups in total. The van der Waals surface area contributed by atoms with E-state index in [0.717, 1.165) is 22.5 Å². The van der Waals surface area contributed by atoms with E-state index in [4.69, 9.17) is 4.42 Å². The van der Waals surface area contributed by atoms with Crippen molar-refractivity contribution in [2.24, 2.45) is 5.92 Å². The SMILES string of the molecule is Cc1cc(C)cc(-n2nc(C)cc2NC(=O)C2CC(=O)N(Cc3ccco3)C2)c1. The summed E-state index contributed by atoms with van der Waals surface area (Å²) in [6.07, 6.45) is 1.78. The number of amides is 2. The summed E-state index contributed by atoms with van der Waals surface area (Å²) in [6.45, 7) is 6.71. The Kier molecular flexibility index (Phi) is 4.96. The van der Waals surface area contributed by atoms with Gasteiger partial charge in [0.05, 0.1) is 30.1 Å². The van der Waals surface area contributed by atoms with Crippen LogP contribution in [0.3, 0.4) is 0 Å². The lowest BCUT2D eigenvalue weighted by Crippen LogP contribution is -2.28. The van der Waals surface area contributed by atoms with Crippen molar-refractivity contribution >= 4 is 17.6 Å². The Bertz CT molecular complexity index is 1030. The summed E-state index contributed by atoms with van der Waals surface area (Å²) in [7, 11) is 0. The summed E-state index contributed by atoms with van der Waals surface area (Å²) >= 11 is 0. The second-order valence-corrected chi connectivity index (χ2v) is 7.67. The number of nitrogens with one attached hydrogen (secondary N) is 1. The second-order valence-electron chi connectivity index (χ2n) is 7.67. The number of hydrogen-bond donors (Lipinski definition) is 1. The molecule has 3 aromatic rings. The lowest BCUT2D eigenvalue weighted by molar-refractivity contribution is -0.128. The number of furan rings is 1. The first kappa shape index (κ1) is 19.0. The van der Waals surface area contributed by atoms with Crippen LogP contribution in [0.1, 0.15) is 29.0 Å². The summed E-state index contributed by atoms with van der Waals surface area (Å²) in [5.74, 6) is 0.698. The molecule has 0 spiro atoms. The van der Waals surface area contributed by atoms with Gasteiger partial charge < -0.3 is 14.6 Å². The van der Waals surface area contributed by atoms with Gasteiger partial charge in [-0.1, -0.05) is 6.07 Å². The smallest absolute Gasteiger partial charge is 0.230 e. The zero-order valence-electron chi connectivity index (χ0n) is 16.8. The molecule has 1 aliphatic heterocycles. The van der Waals surface area contributed by atoms with Crippen LogP contribution < -0.4 is 5.32 Å². The topological polar surface area (TPSA) is 80.4 Å². The maximum absolute atomic E-state index is 12.9. The minimum Gasteiger partial charge on any atom is -0.467 e. The van der Waals surface area contributed by atoms with Crippen LogP contribution >= 0.6 is 0 Å². The van der Waals surface area contributed by atoms with Crippen molar-refractivity contribution in [3.05, 3.63) is 65.2 Å². The molecular formula is C22H24N4O3. The van der Waals surface area contributed by atoms with Gasteiger partial charge in [0.2, 0.25) is 11.8 Å². The lowest BCUT2D eigenvalue weighted by atomic mass is 10.1. The molecule has 2 amide bonds. The molecule has 4 rings (SSSR count). The molecule has 0 radical (unpaired) electrons. The molecule has 1 fully saturated rings. The molecule has 7 nitrogen and oxygen atoms in total. The first-order valence-corrected chi connectivity index (χ1v) is 9.65. The van der Waals surface area contributed by atoms with Crippen LogP contribution in [0.25, 0.3) is 5.69 Å². The monoisotopic (exact) mass is 392 g/mol. The molecule has 1 saturated heterocycles. The highest BCUT2D eigenvalue weighted by Crippen LogP contribution is 2.24. The fourth-order valence-corrected chi connectivity index (χ4v) is 3.78. The van der Waals surface area contributed by atoms with Gasteiger partial charge in [-0.15, -0.1) is 0 Å². The number of likely N-dealkylation sites (tertiary alicyclic amines) is 1. The van der Waals surface area contributed by atoms with E-state index >= 15 is 0 Å². The van der Waals surface area contributed by atoms with Crippen LogP contribution in [-0.4, -0.2) is 33.0 Å². The fourth-order valence-electron chi connectivity index (χ4n) is 3.78. The molecule has 1 unspecified atom stereocenters. The van der Waals surface area contributed by atoms with Crippen molar-refractivity contribution in [1.82, 2.24) is 14.7 Å². The normalized spacial score (nSPS) is 16.4. The molecule has 0 aliphatic carbocycles. The standard InChI is InChI=1S/C22H24N4O3/c1-14-7-15(2)9-18(8-14)26-20(10-16(3)24-26)23-22(28)17-11-21(27)25(12-17)13-19-5-4-6-29-19/h4-10,17H,11-13H2,1-3H3,(H,23,28). The van der Waals surface area contributed by atoms with Crippen molar-refractivity contribution in [3.8, 4) is 5.69 Å². The predicted octanol–water partition coefficient (Wildman–Crippen LogP) is 3.38. The van der Waals surface area contributed by atoms with Crippen LogP contribution in [-0.2, 0) is 16.1 Å². The highest BCUT2D eigenvalue weighted by Gasteiger charge is 2.35. The zero-order valence-corrected chi connectivity index (χ0v) is 16.8. The summed E-state index contributed by atoms with van der Waals surface area (Å²) in [5, 5.41) is 7.50. The number of aromatic nitrogens is 2. The Morgan fingerprint density at radius 1 is 1.21 bits per heavy atom. The third-order valence-corrected chi connectivity index (χ3v) is 5.05. The van der Waals surface area contributed by atoms with Gasteiger partial charge in [0.1, 0.15) is 11.6 Å². The van der Waals surface area contributed by atoms with Gasteiger partial charge in [-0.3, -0.25) is 9.59 Å². The van der Waals surface area contributed by atoms with Crippen molar-refractivity contribution in [2.75, 3.05) is 11.9 Å². The molecule has 2 aromatic heterocycles. The van der Waals surface area contributed by atoms with Crippen LogP contribution in [0.2, 0.25) is 0 Å². The van der Waals surface area contributed by atoms with E-state index in [0.29, 0.717) is 24.7 Å². The van der Waals surface area contributed by atoms with E-state index in [1.54, 1.807) is 21.9 Å². The molecule has 150 valence electrons. The summed E-state index contributed by atoms with van der Waals surface area (Å²) in [6, 6.07) is 11.6. The van der Waals surface area contributed by atoms with E-state index in [9.17, 15) is 9.59 Å². The molecular weight excluding hydrogens is 368 g/mol. The number of carbonyl (C=O) groups is 2. The van der Waals surface area contributed by atoms with E-state index < -0.39 is 5.92 Å². The molecule has 0 bridgehead atoms. The molecule has 1 aliphatic rings. The van der Waals surface area contributed by atoms with Crippen molar-refractivity contribution < 1.29 is 14.0 Å². The molecule has 1 aromatic carbocycles. The van der Waals surface area contributed by atoms with Gasteiger partial charge in [-0.25, -0.2) is 4.68 Å². The first-order valence-electron chi connectivity index (χ1n) is 9.65. The number of anilines is 1. The van der Waals surface area contributed by atoms with Gasteiger partial charge in [-0.2, -0.15) is 5.10 Å². The largest absolute Gasteiger partial charge is 0.467 e. The Labute approximate surface area is 169 Å². The van der Waals surface area contributed by atoms with Gasteiger partial charge in [0, 0.05) is 19.0 Å². The average molecular weight is 392 g/mol. The van der Waals surface area contributed by atoms with Crippen molar-refractivity contribution in [3.63, 3.8) is 0 Å². The minimum atomic E-state index is -0.402. The molecule has 0 saturated carbocycles. The van der Waals surface area contributed by atoms with Gasteiger partial charge in [0.25, 0.3) is 0 Å². The van der Waals surface area contributed by atoms with Gasteiger partial charge in [-0.05, 0) is 56.2 Å². The van der Waals surface area contributed by atoms with E-state index in [1.165, 1.54) is 0 Å². The van der Waals surface area contributed by atoms with Crippen LogP contribution in [0.5, 0.6) is 0 Å². The summed E-state index contributed by atoms with van der Waals surface area (Å²) < 4.78 is 7.06. The number of carbonyl (C=O) groups excluding carboxylic acids is 2. The maximum atomic E-state index is 12.9. The first-order chi connectivity index (χ1) is 13.9. The highest BCUT2D eigenvalue weighted by atomic mass is 16.3. The van der Waals surface area contributed by atoms with Crippen LogP contribution in [0.15, 0.2) is 47.1 Å².